The Labute approximate surface area is 187 Å². The quantitative estimate of drug-likeness (QED) is 0.272. The van der Waals surface area contributed by atoms with Gasteiger partial charge in [-0.2, -0.15) is 5.10 Å². The number of amides is 1. The molecule has 0 fully saturated rings. The van der Waals surface area contributed by atoms with Crippen LogP contribution in [0.3, 0.4) is 0 Å². The van der Waals surface area contributed by atoms with Gasteiger partial charge in [-0.05, 0) is 48.5 Å². The Hall–Kier alpha value is -3.62. The third-order valence-corrected chi connectivity index (χ3v) is 4.72. The number of benzene rings is 3. The summed E-state index contributed by atoms with van der Waals surface area (Å²) in [7, 11) is 1.54. The van der Waals surface area contributed by atoms with Crippen LogP contribution in [-0.4, -0.2) is 24.2 Å². The molecule has 2 N–H and O–H groups in total. The molecule has 0 spiro atoms. The Morgan fingerprint density at radius 2 is 1.84 bits per heavy atom. The summed E-state index contributed by atoms with van der Waals surface area (Å²) in [5.74, 6) is 0.153. The first-order valence-corrected chi connectivity index (χ1v) is 9.61. The summed E-state index contributed by atoms with van der Waals surface area (Å²) in [6.45, 7) is 0. The molecule has 3 aromatic rings. The van der Waals surface area contributed by atoms with Crippen molar-refractivity contribution in [1.82, 2.24) is 0 Å². The van der Waals surface area contributed by atoms with Gasteiger partial charge >= 0.3 is 0 Å². The highest BCUT2D eigenvalue weighted by Crippen LogP contribution is 2.27. The summed E-state index contributed by atoms with van der Waals surface area (Å²) in [5.41, 5.74) is 3.65. The van der Waals surface area contributed by atoms with Gasteiger partial charge in [-0.1, -0.05) is 29.3 Å². The lowest BCUT2D eigenvalue weighted by Crippen LogP contribution is -2.12. The molecule has 3 rings (SSSR count). The van der Waals surface area contributed by atoms with Crippen molar-refractivity contribution in [3.05, 3.63) is 92.0 Å². The SMILES string of the molecule is COc1ccc(NC(=O)c2ccc(N/N=C\c3ccc(Cl)cc3Cl)c([N+](=O)[O-])c2)cc1. The summed E-state index contributed by atoms with van der Waals surface area (Å²) in [4.78, 5) is 23.4. The zero-order valence-electron chi connectivity index (χ0n) is 16.1. The minimum Gasteiger partial charge on any atom is -0.497 e. The van der Waals surface area contributed by atoms with Crippen LogP contribution in [0.1, 0.15) is 15.9 Å². The number of carbonyl (C=O) groups is 1. The monoisotopic (exact) mass is 458 g/mol. The Bertz CT molecular complexity index is 1150. The molecule has 10 heteroatoms. The number of anilines is 2. The van der Waals surface area contributed by atoms with Crippen LogP contribution in [0.2, 0.25) is 10.0 Å². The molecule has 0 atom stereocenters. The van der Waals surface area contributed by atoms with Crippen LogP contribution < -0.4 is 15.5 Å². The van der Waals surface area contributed by atoms with Gasteiger partial charge in [0.05, 0.1) is 23.3 Å². The molecule has 0 unspecified atom stereocenters. The van der Waals surface area contributed by atoms with Crippen molar-refractivity contribution in [1.29, 1.82) is 0 Å². The van der Waals surface area contributed by atoms with Crippen molar-refractivity contribution in [3.63, 3.8) is 0 Å². The molecular formula is C21H16Cl2N4O4. The van der Waals surface area contributed by atoms with Gasteiger partial charge in [0, 0.05) is 27.9 Å². The fraction of sp³-hybridized carbons (Fsp3) is 0.0476. The highest BCUT2D eigenvalue weighted by Gasteiger charge is 2.17. The number of hydrogen-bond donors (Lipinski definition) is 2. The van der Waals surface area contributed by atoms with Crippen LogP contribution in [0.25, 0.3) is 0 Å². The van der Waals surface area contributed by atoms with Crippen LogP contribution in [0.4, 0.5) is 17.1 Å². The number of nitrogens with one attached hydrogen (secondary N) is 2. The van der Waals surface area contributed by atoms with Gasteiger partial charge in [-0.3, -0.25) is 20.3 Å². The largest absolute Gasteiger partial charge is 0.497 e. The van der Waals surface area contributed by atoms with Crippen molar-refractivity contribution >= 4 is 52.4 Å². The lowest BCUT2D eigenvalue weighted by molar-refractivity contribution is -0.384. The van der Waals surface area contributed by atoms with Crippen molar-refractivity contribution < 1.29 is 14.5 Å². The molecule has 0 heterocycles. The second kappa shape index (κ2) is 9.92. The van der Waals surface area contributed by atoms with E-state index in [-0.39, 0.29) is 16.9 Å². The summed E-state index contributed by atoms with van der Waals surface area (Å²) in [6.07, 6.45) is 1.41. The van der Waals surface area contributed by atoms with E-state index in [0.717, 1.165) is 0 Å². The average Bonchev–Trinajstić information content (AvgIpc) is 2.75. The average molecular weight is 459 g/mol. The smallest absolute Gasteiger partial charge is 0.294 e. The molecule has 8 nitrogen and oxygen atoms in total. The van der Waals surface area contributed by atoms with E-state index in [9.17, 15) is 14.9 Å². The molecule has 0 radical (unpaired) electrons. The van der Waals surface area contributed by atoms with Gasteiger partial charge in [-0.15, -0.1) is 0 Å². The number of nitro benzene ring substituents is 1. The zero-order chi connectivity index (χ0) is 22.4. The first-order chi connectivity index (χ1) is 14.9. The molecule has 0 aliphatic carbocycles. The van der Waals surface area contributed by atoms with E-state index in [1.165, 1.54) is 31.5 Å². The predicted octanol–water partition coefficient (Wildman–Crippen LogP) is 5.61. The van der Waals surface area contributed by atoms with Crippen LogP contribution in [0.5, 0.6) is 5.75 Å². The zero-order valence-corrected chi connectivity index (χ0v) is 17.6. The predicted molar refractivity (Wildman–Crippen MR) is 122 cm³/mol. The molecule has 3 aromatic carbocycles. The third-order valence-electron chi connectivity index (χ3n) is 4.16. The minimum atomic E-state index is -0.600. The number of hydrogen-bond acceptors (Lipinski definition) is 6. The Kier molecular flexibility index (Phi) is 7.07. The van der Waals surface area contributed by atoms with E-state index in [0.29, 0.717) is 27.0 Å². The molecule has 0 aliphatic heterocycles. The van der Waals surface area contributed by atoms with E-state index < -0.39 is 10.8 Å². The topological polar surface area (TPSA) is 106 Å². The highest BCUT2D eigenvalue weighted by molar-refractivity contribution is 6.36. The number of methoxy groups -OCH3 is 1. The van der Waals surface area contributed by atoms with E-state index >= 15 is 0 Å². The number of halogens is 2. The Balaban J connectivity index is 1.76. The highest BCUT2D eigenvalue weighted by atomic mass is 35.5. The summed E-state index contributed by atoms with van der Waals surface area (Å²) in [6, 6.07) is 15.6. The standard InChI is InChI=1S/C21H16Cl2N4O4/c1-31-17-7-5-16(6-8-17)25-21(28)13-3-9-19(20(10-13)27(29)30)26-24-12-14-2-4-15(22)11-18(14)23/h2-12,26H,1H3,(H,25,28)/b24-12-. The van der Waals surface area contributed by atoms with Gasteiger partial charge in [-0.25, -0.2) is 0 Å². The first-order valence-electron chi connectivity index (χ1n) is 8.85. The van der Waals surface area contributed by atoms with Crippen molar-refractivity contribution in [2.45, 2.75) is 0 Å². The number of ether oxygens (including phenoxy) is 1. The molecule has 158 valence electrons. The molecule has 1 amide bonds. The van der Waals surface area contributed by atoms with Crippen LogP contribution in [-0.2, 0) is 0 Å². The van der Waals surface area contributed by atoms with Gasteiger partial charge in [0.1, 0.15) is 11.4 Å². The summed E-state index contributed by atoms with van der Waals surface area (Å²) >= 11 is 11.9. The number of nitro groups is 1. The van der Waals surface area contributed by atoms with E-state index in [2.05, 4.69) is 15.8 Å². The molecule has 0 bridgehead atoms. The number of rotatable bonds is 7. The maximum absolute atomic E-state index is 12.5. The lowest BCUT2D eigenvalue weighted by atomic mass is 10.1. The van der Waals surface area contributed by atoms with E-state index in [1.54, 1.807) is 42.5 Å². The minimum absolute atomic E-state index is 0.118. The van der Waals surface area contributed by atoms with Gasteiger partial charge < -0.3 is 10.1 Å². The lowest BCUT2D eigenvalue weighted by Gasteiger charge is -2.08. The van der Waals surface area contributed by atoms with Crippen LogP contribution in [0.15, 0.2) is 65.8 Å². The van der Waals surface area contributed by atoms with Crippen molar-refractivity contribution in [3.8, 4) is 5.75 Å². The second-order valence-electron chi connectivity index (χ2n) is 6.21. The number of carbonyl (C=O) groups excluding carboxylic acids is 1. The molecular weight excluding hydrogens is 443 g/mol. The molecule has 0 aliphatic rings. The molecule has 0 saturated heterocycles. The second-order valence-corrected chi connectivity index (χ2v) is 7.05. The van der Waals surface area contributed by atoms with E-state index in [1.807, 2.05) is 0 Å². The fourth-order valence-electron chi connectivity index (χ4n) is 2.57. The van der Waals surface area contributed by atoms with Gasteiger partial charge in [0.25, 0.3) is 11.6 Å². The fourth-order valence-corrected chi connectivity index (χ4v) is 3.03. The van der Waals surface area contributed by atoms with Gasteiger partial charge in [0.15, 0.2) is 0 Å². The Morgan fingerprint density at radius 3 is 2.48 bits per heavy atom. The van der Waals surface area contributed by atoms with Crippen molar-refractivity contribution in [2.24, 2.45) is 5.10 Å². The van der Waals surface area contributed by atoms with E-state index in [4.69, 9.17) is 27.9 Å². The molecule has 31 heavy (non-hydrogen) atoms. The number of nitrogens with zero attached hydrogens (tertiary/aromatic N) is 2. The van der Waals surface area contributed by atoms with Gasteiger partial charge in [0.2, 0.25) is 0 Å². The maximum atomic E-state index is 12.5. The third kappa shape index (κ3) is 5.71. The summed E-state index contributed by atoms with van der Waals surface area (Å²) < 4.78 is 5.07. The normalized spacial score (nSPS) is 10.7. The van der Waals surface area contributed by atoms with Crippen molar-refractivity contribution in [2.75, 3.05) is 17.9 Å². The number of hydrazone groups is 1. The molecule has 0 saturated carbocycles. The maximum Gasteiger partial charge on any atom is 0.294 e. The summed E-state index contributed by atoms with van der Waals surface area (Å²) in [5, 5.41) is 19.0. The molecule has 0 aromatic heterocycles. The van der Waals surface area contributed by atoms with Crippen LogP contribution in [0, 0.1) is 10.1 Å². The van der Waals surface area contributed by atoms with Crippen LogP contribution >= 0.6 is 23.2 Å². The Morgan fingerprint density at radius 1 is 1.10 bits per heavy atom. The first kappa shape index (κ1) is 22.1.